The highest BCUT2D eigenvalue weighted by Crippen LogP contribution is 2.13. The summed E-state index contributed by atoms with van der Waals surface area (Å²) in [7, 11) is 6.47. The van der Waals surface area contributed by atoms with Gasteiger partial charge in [0.1, 0.15) is 0 Å². The molecule has 2 unspecified atom stereocenters. The molecule has 1 fully saturated rings. The van der Waals surface area contributed by atoms with E-state index in [9.17, 15) is 0 Å². The molecule has 0 aromatic carbocycles. The van der Waals surface area contributed by atoms with E-state index in [0.717, 1.165) is 26.2 Å². The Kier molecular flexibility index (Phi) is 5.69. The summed E-state index contributed by atoms with van der Waals surface area (Å²) in [6.07, 6.45) is 1.25. The van der Waals surface area contributed by atoms with Gasteiger partial charge in [0.25, 0.3) is 0 Å². The van der Waals surface area contributed by atoms with Gasteiger partial charge >= 0.3 is 0 Å². The molecule has 1 rings (SSSR count). The van der Waals surface area contributed by atoms with E-state index < -0.39 is 0 Å². The fourth-order valence-corrected chi connectivity index (χ4v) is 2.24. The van der Waals surface area contributed by atoms with E-state index >= 15 is 0 Å². The molecule has 0 aliphatic carbocycles. The lowest BCUT2D eigenvalue weighted by molar-refractivity contribution is 0.176. The first-order chi connectivity index (χ1) is 7.54. The molecule has 0 amide bonds. The van der Waals surface area contributed by atoms with Crippen LogP contribution < -0.4 is 5.73 Å². The zero-order chi connectivity index (χ0) is 12.1. The summed E-state index contributed by atoms with van der Waals surface area (Å²) in [5.41, 5.74) is 5.86. The van der Waals surface area contributed by atoms with Crippen LogP contribution in [0.2, 0.25) is 0 Å². The SMILES string of the molecule is CC1CCN(CCN(C)C)CC(CN)N1C. The minimum absolute atomic E-state index is 0.514. The van der Waals surface area contributed by atoms with Crippen LogP contribution in [0, 0.1) is 0 Å². The minimum atomic E-state index is 0.514. The van der Waals surface area contributed by atoms with E-state index in [1.807, 2.05) is 0 Å². The van der Waals surface area contributed by atoms with Crippen molar-refractivity contribution in [1.82, 2.24) is 14.7 Å². The fourth-order valence-electron chi connectivity index (χ4n) is 2.24. The third-order valence-electron chi connectivity index (χ3n) is 3.74. The first kappa shape index (κ1) is 13.9. The standard InChI is InChI=1S/C12H28N4/c1-11-5-6-16(8-7-14(2)3)10-12(9-13)15(11)4/h11-12H,5-10,13H2,1-4H3. The number of rotatable bonds is 4. The molecule has 0 saturated carbocycles. The molecule has 96 valence electrons. The van der Waals surface area contributed by atoms with Crippen LogP contribution in [0.15, 0.2) is 0 Å². The summed E-state index contributed by atoms with van der Waals surface area (Å²) in [6, 6.07) is 1.16. The molecule has 0 radical (unpaired) electrons. The fraction of sp³-hybridized carbons (Fsp3) is 1.00. The molecule has 1 aliphatic heterocycles. The first-order valence-electron chi connectivity index (χ1n) is 6.33. The van der Waals surface area contributed by atoms with E-state index in [2.05, 4.69) is 42.8 Å². The van der Waals surface area contributed by atoms with Gasteiger partial charge in [-0.15, -0.1) is 0 Å². The van der Waals surface area contributed by atoms with Crippen LogP contribution in [-0.2, 0) is 0 Å². The van der Waals surface area contributed by atoms with E-state index in [4.69, 9.17) is 5.73 Å². The Morgan fingerprint density at radius 2 is 2.06 bits per heavy atom. The molecule has 4 heteroatoms. The summed E-state index contributed by atoms with van der Waals surface area (Å²) in [4.78, 5) is 7.24. The van der Waals surface area contributed by atoms with Gasteiger partial charge in [0.15, 0.2) is 0 Å². The number of likely N-dealkylation sites (N-methyl/N-ethyl adjacent to an activating group) is 2. The van der Waals surface area contributed by atoms with Gasteiger partial charge in [-0.25, -0.2) is 0 Å². The predicted octanol–water partition coefficient (Wildman–Crippen LogP) is -0.0987. The molecule has 0 aromatic rings. The van der Waals surface area contributed by atoms with Crippen LogP contribution in [-0.4, -0.2) is 80.7 Å². The topological polar surface area (TPSA) is 35.7 Å². The Bertz CT molecular complexity index is 193. The van der Waals surface area contributed by atoms with Crippen LogP contribution in [0.25, 0.3) is 0 Å². The van der Waals surface area contributed by atoms with Crippen LogP contribution in [0.3, 0.4) is 0 Å². The molecule has 1 aliphatic rings. The molecular formula is C12H28N4. The van der Waals surface area contributed by atoms with Gasteiger partial charge in [-0.1, -0.05) is 0 Å². The molecule has 16 heavy (non-hydrogen) atoms. The Morgan fingerprint density at radius 1 is 1.38 bits per heavy atom. The zero-order valence-electron chi connectivity index (χ0n) is 11.3. The molecular weight excluding hydrogens is 200 g/mol. The van der Waals surface area contributed by atoms with Gasteiger partial charge in [-0.2, -0.15) is 0 Å². The minimum Gasteiger partial charge on any atom is -0.329 e. The van der Waals surface area contributed by atoms with Gasteiger partial charge in [0.05, 0.1) is 0 Å². The van der Waals surface area contributed by atoms with E-state index in [1.54, 1.807) is 0 Å². The van der Waals surface area contributed by atoms with Crippen molar-refractivity contribution in [1.29, 1.82) is 0 Å². The van der Waals surface area contributed by atoms with Gasteiger partial charge in [-0.3, -0.25) is 4.90 Å². The highest BCUT2D eigenvalue weighted by atomic mass is 15.3. The van der Waals surface area contributed by atoms with Crippen molar-refractivity contribution >= 4 is 0 Å². The van der Waals surface area contributed by atoms with Crippen molar-refractivity contribution in [2.75, 3.05) is 53.9 Å². The third kappa shape index (κ3) is 4.01. The molecule has 2 N–H and O–H groups in total. The Labute approximate surface area is 100 Å². The molecule has 0 bridgehead atoms. The summed E-state index contributed by atoms with van der Waals surface area (Å²) < 4.78 is 0. The van der Waals surface area contributed by atoms with Crippen molar-refractivity contribution in [2.24, 2.45) is 5.73 Å². The second-order valence-corrected chi connectivity index (χ2v) is 5.30. The molecule has 2 atom stereocenters. The average Bonchev–Trinajstić information content (AvgIpc) is 2.38. The highest BCUT2D eigenvalue weighted by molar-refractivity contribution is 4.83. The molecule has 0 spiro atoms. The quantitative estimate of drug-likeness (QED) is 0.729. The Morgan fingerprint density at radius 3 is 2.62 bits per heavy atom. The zero-order valence-corrected chi connectivity index (χ0v) is 11.3. The third-order valence-corrected chi connectivity index (χ3v) is 3.74. The maximum absolute atomic E-state index is 5.86. The second kappa shape index (κ2) is 6.55. The Hall–Kier alpha value is -0.160. The van der Waals surface area contributed by atoms with Crippen LogP contribution in [0.5, 0.6) is 0 Å². The van der Waals surface area contributed by atoms with E-state index in [-0.39, 0.29) is 0 Å². The van der Waals surface area contributed by atoms with Gasteiger partial charge < -0.3 is 15.5 Å². The molecule has 4 nitrogen and oxygen atoms in total. The maximum Gasteiger partial charge on any atom is 0.0345 e. The van der Waals surface area contributed by atoms with Crippen molar-refractivity contribution in [3.8, 4) is 0 Å². The lowest BCUT2D eigenvalue weighted by Gasteiger charge is -2.30. The predicted molar refractivity (Wildman–Crippen MR) is 69.7 cm³/mol. The lowest BCUT2D eigenvalue weighted by Crippen LogP contribution is -2.46. The lowest BCUT2D eigenvalue weighted by atomic mass is 10.2. The van der Waals surface area contributed by atoms with Gasteiger partial charge in [0.2, 0.25) is 0 Å². The van der Waals surface area contributed by atoms with Crippen molar-refractivity contribution < 1.29 is 0 Å². The second-order valence-electron chi connectivity index (χ2n) is 5.30. The first-order valence-corrected chi connectivity index (χ1v) is 6.33. The largest absolute Gasteiger partial charge is 0.329 e. The normalized spacial score (nSPS) is 29.6. The van der Waals surface area contributed by atoms with Crippen molar-refractivity contribution in [2.45, 2.75) is 25.4 Å². The van der Waals surface area contributed by atoms with Gasteiger partial charge in [0, 0.05) is 38.3 Å². The van der Waals surface area contributed by atoms with Crippen LogP contribution in [0.4, 0.5) is 0 Å². The maximum atomic E-state index is 5.86. The van der Waals surface area contributed by atoms with Crippen LogP contribution >= 0.6 is 0 Å². The smallest absolute Gasteiger partial charge is 0.0345 e. The number of hydrogen-bond donors (Lipinski definition) is 1. The monoisotopic (exact) mass is 228 g/mol. The Balaban J connectivity index is 2.48. The highest BCUT2D eigenvalue weighted by Gasteiger charge is 2.25. The van der Waals surface area contributed by atoms with Crippen molar-refractivity contribution in [3.05, 3.63) is 0 Å². The van der Waals surface area contributed by atoms with Crippen molar-refractivity contribution in [3.63, 3.8) is 0 Å². The number of hydrogen-bond acceptors (Lipinski definition) is 4. The molecule has 1 saturated heterocycles. The molecule has 0 aromatic heterocycles. The summed E-state index contributed by atoms with van der Waals surface area (Å²) in [5, 5.41) is 0. The average molecular weight is 228 g/mol. The van der Waals surface area contributed by atoms with E-state index in [1.165, 1.54) is 13.0 Å². The summed E-state index contributed by atoms with van der Waals surface area (Å²) in [5.74, 6) is 0. The van der Waals surface area contributed by atoms with E-state index in [0.29, 0.717) is 12.1 Å². The molecule has 1 heterocycles. The summed E-state index contributed by atoms with van der Waals surface area (Å²) in [6.45, 7) is 7.68. The number of nitrogens with zero attached hydrogens (tertiary/aromatic N) is 3. The number of nitrogens with two attached hydrogens (primary N) is 1. The summed E-state index contributed by atoms with van der Waals surface area (Å²) >= 11 is 0. The van der Waals surface area contributed by atoms with Gasteiger partial charge in [-0.05, 0) is 41.0 Å². The van der Waals surface area contributed by atoms with Crippen LogP contribution in [0.1, 0.15) is 13.3 Å².